The largest absolute Gasteiger partial charge is 0.463 e. The molecule has 0 saturated heterocycles. The molecule has 0 atom stereocenters. The quantitative estimate of drug-likeness (QED) is 0.694. The fourth-order valence-corrected chi connectivity index (χ4v) is 2.51. The molecule has 0 fully saturated rings. The van der Waals surface area contributed by atoms with Gasteiger partial charge in [0.15, 0.2) is 5.76 Å². The van der Waals surface area contributed by atoms with Gasteiger partial charge in [-0.2, -0.15) is 5.10 Å². The van der Waals surface area contributed by atoms with Gasteiger partial charge in [-0.25, -0.2) is 4.68 Å². The second-order valence-electron chi connectivity index (χ2n) is 3.94. The summed E-state index contributed by atoms with van der Waals surface area (Å²) in [5, 5.41) is 6.46. The third kappa shape index (κ3) is 2.46. The fourth-order valence-electron chi connectivity index (χ4n) is 1.73. The molecule has 0 aliphatic rings. The van der Waals surface area contributed by atoms with Crippen molar-refractivity contribution >= 4 is 17.6 Å². The van der Waals surface area contributed by atoms with Crippen LogP contribution in [0.25, 0.3) is 11.5 Å². The Morgan fingerprint density at radius 2 is 2.15 bits per heavy atom. The van der Waals surface area contributed by atoms with Crippen LogP contribution in [0.5, 0.6) is 0 Å². The van der Waals surface area contributed by atoms with Gasteiger partial charge < -0.3 is 4.42 Å². The molecule has 0 bridgehead atoms. The number of hydrogen-bond donors (Lipinski definition) is 0. The highest BCUT2D eigenvalue weighted by Crippen LogP contribution is 2.20. The zero-order valence-electron chi connectivity index (χ0n) is 10.8. The molecule has 3 aromatic heterocycles. The lowest BCUT2D eigenvalue weighted by atomic mass is 10.3. The molecule has 0 saturated carbocycles. The van der Waals surface area contributed by atoms with Crippen LogP contribution < -0.4 is 4.80 Å². The minimum absolute atomic E-state index is 0.767. The molecular formula is C14H12N4OS. The molecule has 3 rings (SSSR count). The first-order valence-electron chi connectivity index (χ1n) is 6.00. The lowest BCUT2D eigenvalue weighted by Gasteiger charge is -1.99. The summed E-state index contributed by atoms with van der Waals surface area (Å²) < 4.78 is 7.20. The van der Waals surface area contributed by atoms with E-state index in [1.54, 1.807) is 36.6 Å². The number of nitrogens with zero attached hydrogens (tertiary/aromatic N) is 4. The molecule has 100 valence electrons. The first kappa shape index (κ1) is 12.6. The highest BCUT2D eigenvalue weighted by Gasteiger charge is 2.08. The Hall–Kier alpha value is -2.47. The molecule has 0 N–H and O–H groups in total. The number of thiazole rings is 1. The second-order valence-corrected chi connectivity index (χ2v) is 4.78. The third-order valence-electron chi connectivity index (χ3n) is 2.68. The van der Waals surface area contributed by atoms with Gasteiger partial charge in [-0.05, 0) is 29.8 Å². The zero-order valence-corrected chi connectivity index (χ0v) is 11.6. The van der Waals surface area contributed by atoms with Crippen LogP contribution in [0.3, 0.4) is 0 Å². The van der Waals surface area contributed by atoms with Crippen LogP contribution in [0.1, 0.15) is 5.56 Å². The maximum absolute atomic E-state index is 5.43. The van der Waals surface area contributed by atoms with Crippen LogP contribution in [0, 0.1) is 0 Å². The topological polar surface area (TPSA) is 55.7 Å². The summed E-state index contributed by atoms with van der Waals surface area (Å²) in [6.07, 6.45) is 6.89. The van der Waals surface area contributed by atoms with E-state index in [1.165, 1.54) is 11.3 Å². The average molecular weight is 284 g/mol. The van der Waals surface area contributed by atoms with Crippen molar-refractivity contribution in [3.05, 3.63) is 58.7 Å². The van der Waals surface area contributed by atoms with E-state index in [1.807, 2.05) is 29.6 Å². The van der Waals surface area contributed by atoms with Crippen molar-refractivity contribution in [1.29, 1.82) is 0 Å². The molecule has 3 heterocycles. The van der Waals surface area contributed by atoms with Crippen molar-refractivity contribution in [3.63, 3.8) is 0 Å². The van der Waals surface area contributed by atoms with E-state index < -0.39 is 0 Å². The van der Waals surface area contributed by atoms with Crippen molar-refractivity contribution in [3.8, 4) is 11.5 Å². The first-order valence-corrected chi connectivity index (χ1v) is 6.88. The molecule has 3 aromatic rings. The molecule has 0 aliphatic heterocycles. The van der Waals surface area contributed by atoms with Gasteiger partial charge >= 0.3 is 0 Å². The van der Waals surface area contributed by atoms with Gasteiger partial charge in [0.1, 0.15) is 5.69 Å². The monoisotopic (exact) mass is 284 g/mol. The molecule has 0 aliphatic carbocycles. The van der Waals surface area contributed by atoms with Gasteiger partial charge in [-0.15, -0.1) is 11.3 Å². The fraction of sp³-hybridized carbons (Fsp3) is 0.0714. The third-order valence-corrected chi connectivity index (χ3v) is 3.59. The van der Waals surface area contributed by atoms with E-state index in [0.717, 1.165) is 21.8 Å². The van der Waals surface area contributed by atoms with Gasteiger partial charge in [-0.3, -0.25) is 9.98 Å². The van der Waals surface area contributed by atoms with Gasteiger partial charge in [0.25, 0.3) is 0 Å². The van der Waals surface area contributed by atoms with Crippen LogP contribution in [-0.4, -0.2) is 22.9 Å². The van der Waals surface area contributed by atoms with Crippen LogP contribution in [0.15, 0.2) is 62.8 Å². The lowest BCUT2D eigenvalue weighted by Crippen LogP contribution is -2.11. The number of hydrogen-bond acceptors (Lipinski definition) is 5. The molecule has 0 aromatic carbocycles. The Morgan fingerprint density at radius 1 is 1.30 bits per heavy atom. The number of aromatic nitrogens is 2. The van der Waals surface area contributed by atoms with E-state index in [4.69, 9.17) is 4.42 Å². The smallest absolute Gasteiger partial charge is 0.206 e. The summed E-state index contributed by atoms with van der Waals surface area (Å²) in [5.74, 6) is 0.767. The van der Waals surface area contributed by atoms with E-state index in [0.29, 0.717) is 0 Å². The van der Waals surface area contributed by atoms with E-state index in [2.05, 4.69) is 15.1 Å². The Kier molecular flexibility index (Phi) is 3.56. The van der Waals surface area contributed by atoms with Gasteiger partial charge in [-0.1, -0.05) is 0 Å². The highest BCUT2D eigenvalue weighted by atomic mass is 32.1. The molecule has 0 unspecified atom stereocenters. The molecule has 0 radical (unpaired) electrons. The Bertz CT molecular complexity index is 769. The number of rotatable bonds is 3. The molecule has 20 heavy (non-hydrogen) atoms. The van der Waals surface area contributed by atoms with Gasteiger partial charge in [0.05, 0.1) is 12.5 Å². The highest BCUT2D eigenvalue weighted by molar-refractivity contribution is 7.07. The summed E-state index contributed by atoms with van der Waals surface area (Å²) in [4.78, 5) is 9.02. The summed E-state index contributed by atoms with van der Waals surface area (Å²) in [6.45, 7) is 0. The number of furan rings is 1. The summed E-state index contributed by atoms with van der Waals surface area (Å²) >= 11 is 1.52. The van der Waals surface area contributed by atoms with Crippen molar-refractivity contribution in [2.75, 3.05) is 7.05 Å². The Balaban J connectivity index is 2.05. The second kappa shape index (κ2) is 5.66. The van der Waals surface area contributed by atoms with Gasteiger partial charge in [0.2, 0.25) is 4.80 Å². The van der Waals surface area contributed by atoms with E-state index in [9.17, 15) is 0 Å². The van der Waals surface area contributed by atoms with E-state index >= 15 is 0 Å². The van der Waals surface area contributed by atoms with Crippen LogP contribution in [-0.2, 0) is 0 Å². The summed E-state index contributed by atoms with van der Waals surface area (Å²) in [6, 6.07) is 7.55. The van der Waals surface area contributed by atoms with Crippen LogP contribution >= 0.6 is 11.3 Å². The first-order chi connectivity index (χ1) is 9.88. The van der Waals surface area contributed by atoms with Crippen molar-refractivity contribution in [2.45, 2.75) is 0 Å². The minimum atomic E-state index is 0.767. The Labute approximate surface area is 119 Å². The van der Waals surface area contributed by atoms with Gasteiger partial charge in [0, 0.05) is 24.8 Å². The Morgan fingerprint density at radius 3 is 2.85 bits per heavy atom. The molecule has 0 spiro atoms. The number of pyridine rings is 1. The molecule has 0 amide bonds. The molecule has 6 heteroatoms. The van der Waals surface area contributed by atoms with E-state index in [-0.39, 0.29) is 0 Å². The van der Waals surface area contributed by atoms with Crippen LogP contribution in [0.4, 0.5) is 0 Å². The van der Waals surface area contributed by atoms with Crippen LogP contribution in [0.2, 0.25) is 0 Å². The average Bonchev–Trinajstić information content (AvgIpc) is 3.14. The lowest BCUT2D eigenvalue weighted by molar-refractivity contribution is 0.575. The maximum atomic E-state index is 5.43. The SMILES string of the molecule is CN=c1scc(-c2ccco2)n1N=Cc1ccncc1. The normalized spacial score (nSPS) is 12.3. The summed E-state index contributed by atoms with van der Waals surface area (Å²) in [7, 11) is 1.75. The van der Waals surface area contributed by atoms with Crippen molar-refractivity contribution in [2.24, 2.45) is 10.1 Å². The minimum Gasteiger partial charge on any atom is -0.463 e. The zero-order chi connectivity index (χ0) is 13.8. The molecular weight excluding hydrogens is 272 g/mol. The summed E-state index contributed by atoms with van der Waals surface area (Å²) in [5.41, 5.74) is 1.86. The predicted octanol–water partition coefficient (Wildman–Crippen LogP) is 2.62. The maximum Gasteiger partial charge on any atom is 0.206 e. The predicted molar refractivity (Wildman–Crippen MR) is 78.7 cm³/mol. The standard InChI is InChI=1S/C14H12N4OS/c1-15-14-18(17-9-11-4-6-16-7-5-11)12(10-20-14)13-3-2-8-19-13/h2-10H,1H3. The van der Waals surface area contributed by atoms with Crippen molar-refractivity contribution in [1.82, 2.24) is 9.66 Å². The molecule has 5 nitrogen and oxygen atoms in total. The van der Waals surface area contributed by atoms with Crippen molar-refractivity contribution < 1.29 is 4.42 Å².